The molecule has 0 spiro atoms. The highest BCUT2D eigenvalue weighted by Crippen LogP contribution is 2.32. The van der Waals surface area contributed by atoms with Crippen LogP contribution in [0.25, 0.3) is 0 Å². The standard InChI is InChI=1S/C13H21N5O3/c1-3-13(4-2,8-14)12(21)17-5-9(6-17)18-7-10(11(19)20)15-16-18/h7,9H,3-6,8,14H2,1-2H3,(H,19,20). The molecular formula is C13H21N5O3. The summed E-state index contributed by atoms with van der Waals surface area (Å²) in [6, 6.07) is -0.0151. The molecule has 2 rings (SSSR count). The molecule has 0 unspecified atom stereocenters. The Morgan fingerprint density at radius 3 is 2.48 bits per heavy atom. The van der Waals surface area contributed by atoms with Gasteiger partial charge in [0, 0.05) is 19.6 Å². The van der Waals surface area contributed by atoms with Crippen LogP contribution in [0.2, 0.25) is 0 Å². The zero-order valence-electron chi connectivity index (χ0n) is 12.3. The fraction of sp³-hybridized carbons (Fsp3) is 0.692. The van der Waals surface area contributed by atoms with Crippen LogP contribution in [0.3, 0.4) is 0 Å². The van der Waals surface area contributed by atoms with Gasteiger partial charge in [0.25, 0.3) is 0 Å². The van der Waals surface area contributed by atoms with Gasteiger partial charge in [-0.2, -0.15) is 0 Å². The first-order chi connectivity index (χ1) is 9.97. The van der Waals surface area contributed by atoms with Crippen LogP contribution in [0.15, 0.2) is 6.20 Å². The molecule has 1 aromatic rings. The molecule has 0 aromatic carbocycles. The number of hydrogen-bond donors (Lipinski definition) is 2. The van der Waals surface area contributed by atoms with Gasteiger partial charge in [0.05, 0.1) is 17.7 Å². The number of carboxylic acids is 1. The number of carbonyl (C=O) groups excluding carboxylic acids is 1. The molecular weight excluding hydrogens is 274 g/mol. The highest BCUT2D eigenvalue weighted by Gasteiger charge is 2.42. The molecule has 0 atom stereocenters. The van der Waals surface area contributed by atoms with Crippen molar-refractivity contribution in [2.75, 3.05) is 19.6 Å². The van der Waals surface area contributed by atoms with Crippen LogP contribution in [-0.2, 0) is 4.79 Å². The van der Waals surface area contributed by atoms with Crippen molar-refractivity contribution in [3.63, 3.8) is 0 Å². The van der Waals surface area contributed by atoms with Crippen LogP contribution in [-0.4, -0.2) is 56.5 Å². The lowest BCUT2D eigenvalue weighted by molar-refractivity contribution is -0.148. The van der Waals surface area contributed by atoms with E-state index < -0.39 is 11.4 Å². The van der Waals surface area contributed by atoms with Crippen molar-refractivity contribution in [1.82, 2.24) is 19.9 Å². The molecule has 2 heterocycles. The van der Waals surface area contributed by atoms with Crippen LogP contribution < -0.4 is 5.73 Å². The maximum absolute atomic E-state index is 12.5. The second-order valence-electron chi connectivity index (χ2n) is 5.44. The Bertz CT molecular complexity index is 523. The first-order valence-corrected chi connectivity index (χ1v) is 7.12. The molecule has 1 saturated heterocycles. The van der Waals surface area contributed by atoms with Crippen LogP contribution in [0.4, 0.5) is 0 Å². The maximum Gasteiger partial charge on any atom is 0.358 e. The second-order valence-corrected chi connectivity index (χ2v) is 5.44. The average molecular weight is 295 g/mol. The molecule has 8 heteroatoms. The summed E-state index contributed by atoms with van der Waals surface area (Å²) >= 11 is 0. The van der Waals surface area contributed by atoms with Gasteiger partial charge >= 0.3 is 5.97 Å². The first kappa shape index (κ1) is 15.4. The largest absolute Gasteiger partial charge is 0.476 e. The number of nitrogens with two attached hydrogens (primary N) is 1. The zero-order valence-corrected chi connectivity index (χ0v) is 12.3. The Labute approximate surface area is 122 Å². The van der Waals surface area contributed by atoms with Crippen LogP contribution in [0.1, 0.15) is 43.2 Å². The summed E-state index contributed by atoms with van der Waals surface area (Å²) < 4.78 is 1.51. The molecule has 0 bridgehead atoms. The Kier molecular flexibility index (Phi) is 4.26. The molecule has 1 aromatic heterocycles. The lowest BCUT2D eigenvalue weighted by Crippen LogP contribution is -2.57. The van der Waals surface area contributed by atoms with Gasteiger partial charge in [-0.3, -0.25) is 4.79 Å². The Morgan fingerprint density at radius 1 is 1.43 bits per heavy atom. The van der Waals surface area contributed by atoms with Crippen LogP contribution >= 0.6 is 0 Å². The van der Waals surface area contributed by atoms with Crippen molar-refractivity contribution in [3.8, 4) is 0 Å². The van der Waals surface area contributed by atoms with E-state index in [0.29, 0.717) is 32.5 Å². The molecule has 0 radical (unpaired) electrons. The first-order valence-electron chi connectivity index (χ1n) is 7.12. The number of hydrogen-bond acceptors (Lipinski definition) is 5. The van der Waals surface area contributed by atoms with E-state index in [-0.39, 0.29) is 17.6 Å². The molecule has 21 heavy (non-hydrogen) atoms. The molecule has 0 aliphatic carbocycles. The van der Waals surface area contributed by atoms with Gasteiger partial charge in [-0.15, -0.1) is 5.10 Å². The minimum absolute atomic E-state index is 0.0151. The number of likely N-dealkylation sites (tertiary alicyclic amines) is 1. The van der Waals surface area contributed by atoms with E-state index in [4.69, 9.17) is 10.8 Å². The van der Waals surface area contributed by atoms with Crippen LogP contribution in [0.5, 0.6) is 0 Å². The van der Waals surface area contributed by atoms with E-state index in [0.717, 1.165) is 0 Å². The van der Waals surface area contributed by atoms with Crippen molar-refractivity contribution >= 4 is 11.9 Å². The fourth-order valence-corrected chi connectivity index (χ4v) is 2.61. The molecule has 0 saturated carbocycles. The normalized spacial score (nSPS) is 15.9. The van der Waals surface area contributed by atoms with Crippen LogP contribution in [0, 0.1) is 5.41 Å². The van der Waals surface area contributed by atoms with Gasteiger partial charge in [0.15, 0.2) is 5.69 Å². The van der Waals surface area contributed by atoms with Gasteiger partial charge < -0.3 is 15.7 Å². The van der Waals surface area contributed by atoms with Gasteiger partial charge in [-0.05, 0) is 12.8 Å². The Hall–Kier alpha value is -1.96. The molecule has 1 fully saturated rings. The van der Waals surface area contributed by atoms with Gasteiger partial charge in [0.2, 0.25) is 5.91 Å². The lowest BCUT2D eigenvalue weighted by Gasteiger charge is -2.44. The minimum atomic E-state index is -1.10. The van der Waals surface area contributed by atoms with Crippen molar-refractivity contribution in [3.05, 3.63) is 11.9 Å². The third-order valence-corrected chi connectivity index (χ3v) is 4.45. The summed E-state index contributed by atoms with van der Waals surface area (Å²) in [5.74, 6) is -1.03. The number of amides is 1. The number of nitrogens with zero attached hydrogens (tertiary/aromatic N) is 4. The second kappa shape index (κ2) is 5.80. The summed E-state index contributed by atoms with van der Waals surface area (Å²) in [5.41, 5.74) is 5.22. The topological polar surface area (TPSA) is 114 Å². The zero-order chi connectivity index (χ0) is 15.6. The molecule has 116 valence electrons. The number of carboxylic acid groups (broad SMARTS) is 1. The number of aromatic nitrogens is 3. The highest BCUT2D eigenvalue weighted by molar-refractivity contribution is 5.85. The summed E-state index contributed by atoms with van der Waals surface area (Å²) in [7, 11) is 0. The summed E-state index contributed by atoms with van der Waals surface area (Å²) in [5, 5.41) is 16.2. The molecule has 1 aliphatic heterocycles. The van der Waals surface area contributed by atoms with E-state index in [2.05, 4.69) is 10.3 Å². The number of rotatable bonds is 6. The third kappa shape index (κ3) is 2.63. The Morgan fingerprint density at radius 2 is 2.05 bits per heavy atom. The summed E-state index contributed by atoms with van der Waals surface area (Å²) in [6.45, 7) is 5.32. The molecule has 1 aliphatic rings. The number of carbonyl (C=O) groups is 2. The SMILES string of the molecule is CCC(CC)(CN)C(=O)N1CC(n2cc(C(=O)O)nn2)C1. The fourth-order valence-electron chi connectivity index (χ4n) is 2.61. The minimum Gasteiger partial charge on any atom is -0.476 e. The van der Waals surface area contributed by atoms with Crippen molar-refractivity contribution in [2.24, 2.45) is 11.1 Å². The van der Waals surface area contributed by atoms with Crippen molar-refractivity contribution in [1.29, 1.82) is 0 Å². The summed E-state index contributed by atoms with van der Waals surface area (Å²) in [6.07, 6.45) is 2.82. The third-order valence-electron chi connectivity index (χ3n) is 4.45. The number of aromatic carboxylic acids is 1. The predicted molar refractivity (Wildman–Crippen MR) is 74.7 cm³/mol. The lowest BCUT2D eigenvalue weighted by atomic mass is 9.80. The van der Waals surface area contributed by atoms with Crippen molar-refractivity contribution < 1.29 is 14.7 Å². The summed E-state index contributed by atoms with van der Waals surface area (Å²) in [4.78, 5) is 25.1. The molecule has 8 nitrogen and oxygen atoms in total. The maximum atomic E-state index is 12.5. The van der Waals surface area contributed by atoms with Gasteiger partial charge in [-0.1, -0.05) is 19.1 Å². The van der Waals surface area contributed by atoms with E-state index >= 15 is 0 Å². The van der Waals surface area contributed by atoms with Gasteiger partial charge in [0.1, 0.15) is 0 Å². The quantitative estimate of drug-likeness (QED) is 0.770. The van der Waals surface area contributed by atoms with E-state index in [1.165, 1.54) is 10.9 Å². The predicted octanol–water partition coefficient (Wildman–Crippen LogP) is 0.125. The molecule has 3 N–H and O–H groups in total. The average Bonchev–Trinajstić information content (AvgIpc) is 2.89. The molecule has 1 amide bonds. The van der Waals surface area contributed by atoms with E-state index in [1.807, 2.05) is 13.8 Å². The smallest absolute Gasteiger partial charge is 0.358 e. The Balaban J connectivity index is 1.99. The van der Waals surface area contributed by atoms with E-state index in [1.54, 1.807) is 4.90 Å². The van der Waals surface area contributed by atoms with E-state index in [9.17, 15) is 9.59 Å². The van der Waals surface area contributed by atoms with Gasteiger partial charge in [-0.25, -0.2) is 9.48 Å². The monoisotopic (exact) mass is 295 g/mol. The van der Waals surface area contributed by atoms with Crippen molar-refractivity contribution in [2.45, 2.75) is 32.7 Å². The highest BCUT2D eigenvalue weighted by atomic mass is 16.4.